The van der Waals surface area contributed by atoms with E-state index in [2.05, 4.69) is 0 Å². The predicted molar refractivity (Wildman–Crippen MR) is 53.1 cm³/mol. The van der Waals surface area contributed by atoms with E-state index in [-0.39, 0.29) is 11.3 Å². The number of carbonyl (C=O) groups is 1. The van der Waals surface area contributed by atoms with Crippen LogP contribution in [0, 0.1) is 10.1 Å². The SMILES string of the molecule is O=C(CS(=O)O)c1ccccc1[N+](=O)[O-]. The maximum atomic E-state index is 11.3. The van der Waals surface area contributed by atoms with Gasteiger partial charge in [0, 0.05) is 6.07 Å². The van der Waals surface area contributed by atoms with Crippen LogP contribution in [0.5, 0.6) is 0 Å². The topological polar surface area (TPSA) is 97.5 Å². The molecule has 0 amide bonds. The minimum atomic E-state index is -2.29. The molecule has 0 aliphatic heterocycles. The van der Waals surface area contributed by atoms with Crippen LogP contribution in [0.3, 0.4) is 0 Å². The van der Waals surface area contributed by atoms with Gasteiger partial charge in [-0.25, -0.2) is 4.21 Å². The lowest BCUT2D eigenvalue weighted by Crippen LogP contribution is -2.11. The second kappa shape index (κ2) is 4.76. The van der Waals surface area contributed by atoms with Crippen molar-refractivity contribution >= 4 is 22.6 Å². The van der Waals surface area contributed by atoms with Crippen LogP contribution in [-0.2, 0) is 11.1 Å². The van der Waals surface area contributed by atoms with Crippen LogP contribution in [0.4, 0.5) is 5.69 Å². The van der Waals surface area contributed by atoms with E-state index in [0.29, 0.717) is 0 Å². The van der Waals surface area contributed by atoms with Gasteiger partial charge >= 0.3 is 0 Å². The fourth-order valence-electron chi connectivity index (χ4n) is 1.06. The van der Waals surface area contributed by atoms with Crippen LogP contribution in [0.25, 0.3) is 0 Å². The van der Waals surface area contributed by atoms with Gasteiger partial charge in [0.25, 0.3) is 5.69 Å². The maximum absolute atomic E-state index is 11.3. The Bertz CT molecular complexity index is 431. The van der Waals surface area contributed by atoms with Crippen molar-refractivity contribution in [1.29, 1.82) is 0 Å². The van der Waals surface area contributed by atoms with Gasteiger partial charge in [-0.15, -0.1) is 0 Å². The van der Waals surface area contributed by atoms with Gasteiger partial charge in [-0.1, -0.05) is 12.1 Å². The first kappa shape index (κ1) is 11.5. The zero-order valence-corrected chi connectivity index (χ0v) is 8.27. The van der Waals surface area contributed by atoms with Crippen LogP contribution in [0.15, 0.2) is 24.3 Å². The first-order chi connectivity index (χ1) is 7.02. The molecule has 15 heavy (non-hydrogen) atoms. The molecule has 0 aliphatic carbocycles. The Morgan fingerprint density at radius 3 is 2.60 bits per heavy atom. The molecule has 1 aromatic rings. The average molecular weight is 229 g/mol. The fraction of sp³-hybridized carbons (Fsp3) is 0.125. The van der Waals surface area contributed by atoms with Crippen molar-refractivity contribution in [3.63, 3.8) is 0 Å². The highest BCUT2D eigenvalue weighted by Gasteiger charge is 2.20. The highest BCUT2D eigenvalue weighted by atomic mass is 32.2. The average Bonchev–Trinajstić information content (AvgIpc) is 2.16. The van der Waals surface area contributed by atoms with Crippen molar-refractivity contribution in [1.82, 2.24) is 0 Å². The van der Waals surface area contributed by atoms with Crippen LogP contribution in [0.2, 0.25) is 0 Å². The van der Waals surface area contributed by atoms with Crippen LogP contribution in [-0.4, -0.2) is 25.2 Å². The number of ketones is 1. The van der Waals surface area contributed by atoms with E-state index in [4.69, 9.17) is 4.55 Å². The third-order valence-electron chi connectivity index (χ3n) is 1.66. The highest BCUT2D eigenvalue weighted by molar-refractivity contribution is 7.80. The van der Waals surface area contributed by atoms with Crippen molar-refractivity contribution in [3.05, 3.63) is 39.9 Å². The van der Waals surface area contributed by atoms with Crippen molar-refractivity contribution in [3.8, 4) is 0 Å². The van der Waals surface area contributed by atoms with E-state index < -0.39 is 27.5 Å². The van der Waals surface area contributed by atoms with E-state index in [0.717, 1.165) is 0 Å². The molecule has 7 heteroatoms. The summed E-state index contributed by atoms with van der Waals surface area (Å²) in [5.74, 6) is -1.35. The molecule has 1 rings (SSSR count). The lowest BCUT2D eigenvalue weighted by molar-refractivity contribution is -0.385. The summed E-state index contributed by atoms with van der Waals surface area (Å²) < 4.78 is 18.9. The summed E-state index contributed by atoms with van der Waals surface area (Å²) in [6.45, 7) is 0. The number of nitrogens with zero attached hydrogens (tertiary/aromatic N) is 1. The lowest BCUT2D eigenvalue weighted by atomic mass is 10.1. The molecule has 1 unspecified atom stereocenters. The van der Waals surface area contributed by atoms with Crippen molar-refractivity contribution < 1.29 is 18.5 Å². The molecule has 1 aromatic carbocycles. The standard InChI is InChI=1S/C8H7NO5S/c10-8(5-15(13)14)6-3-1-2-4-7(6)9(11)12/h1-4H,5H2,(H,13,14). The number of para-hydroxylation sites is 1. The smallest absolute Gasteiger partial charge is 0.280 e. The van der Waals surface area contributed by atoms with Gasteiger partial charge in [0.15, 0.2) is 16.9 Å². The minimum absolute atomic E-state index is 0.148. The molecule has 0 heterocycles. The number of hydrogen-bond donors (Lipinski definition) is 1. The molecule has 0 aromatic heterocycles. The van der Waals surface area contributed by atoms with Crippen LogP contribution in [0.1, 0.15) is 10.4 Å². The Kier molecular flexibility index (Phi) is 3.64. The summed E-state index contributed by atoms with van der Waals surface area (Å²) in [5.41, 5.74) is -0.502. The molecule has 0 spiro atoms. The molecule has 0 aliphatic rings. The first-order valence-corrected chi connectivity index (χ1v) is 5.14. The third kappa shape index (κ3) is 2.93. The Balaban J connectivity index is 3.08. The Morgan fingerprint density at radius 2 is 2.07 bits per heavy atom. The summed E-state index contributed by atoms with van der Waals surface area (Å²) >= 11 is -2.29. The van der Waals surface area contributed by atoms with Crippen molar-refractivity contribution in [2.24, 2.45) is 0 Å². The van der Waals surface area contributed by atoms with Crippen molar-refractivity contribution in [2.75, 3.05) is 5.75 Å². The van der Waals surface area contributed by atoms with E-state index in [1.807, 2.05) is 0 Å². The number of hydrogen-bond acceptors (Lipinski definition) is 4. The summed E-state index contributed by atoms with van der Waals surface area (Å²) in [5, 5.41) is 10.5. The number of benzene rings is 1. The largest absolute Gasteiger partial charge is 0.306 e. The zero-order chi connectivity index (χ0) is 11.4. The van der Waals surface area contributed by atoms with Crippen LogP contribution < -0.4 is 0 Å². The first-order valence-electron chi connectivity index (χ1n) is 3.86. The van der Waals surface area contributed by atoms with E-state index in [1.54, 1.807) is 0 Å². The summed E-state index contributed by atoms with van der Waals surface area (Å²) in [7, 11) is 0. The van der Waals surface area contributed by atoms with Gasteiger partial charge in [-0.2, -0.15) is 0 Å². The number of nitro groups is 1. The second-order valence-corrected chi connectivity index (χ2v) is 3.59. The van der Waals surface area contributed by atoms with Gasteiger partial charge in [-0.3, -0.25) is 14.9 Å². The van der Waals surface area contributed by atoms with Gasteiger partial charge < -0.3 is 4.55 Å². The molecule has 1 atom stereocenters. The zero-order valence-electron chi connectivity index (χ0n) is 7.45. The molecule has 0 bridgehead atoms. The minimum Gasteiger partial charge on any atom is -0.306 e. The quantitative estimate of drug-likeness (QED) is 0.359. The monoisotopic (exact) mass is 229 g/mol. The summed E-state index contributed by atoms with van der Waals surface area (Å²) in [4.78, 5) is 21.1. The number of rotatable bonds is 4. The molecule has 0 saturated heterocycles. The molecule has 80 valence electrons. The Labute approximate surface area is 87.4 Å². The summed E-state index contributed by atoms with van der Waals surface area (Å²) in [6.07, 6.45) is 0. The van der Waals surface area contributed by atoms with Gasteiger partial charge in [-0.05, 0) is 6.07 Å². The molecule has 0 radical (unpaired) electrons. The molecule has 0 fully saturated rings. The lowest BCUT2D eigenvalue weighted by Gasteiger charge is -1.99. The molecular formula is C8H7NO5S. The number of carbonyl (C=O) groups excluding carboxylic acids is 1. The predicted octanol–water partition coefficient (Wildman–Crippen LogP) is 0.999. The molecule has 1 N–H and O–H groups in total. The highest BCUT2D eigenvalue weighted by Crippen LogP contribution is 2.18. The Morgan fingerprint density at radius 1 is 1.47 bits per heavy atom. The number of nitro benzene ring substituents is 1. The molecular weight excluding hydrogens is 222 g/mol. The van der Waals surface area contributed by atoms with E-state index in [1.165, 1.54) is 24.3 Å². The second-order valence-electron chi connectivity index (χ2n) is 2.66. The van der Waals surface area contributed by atoms with Gasteiger partial charge in [0.05, 0.1) is 10.5 Å². The normalized spacial score (nSPS) is 12.1. The summed E-state index contributed by atoms with van der Waals surface area (Å²) in [6, 6.07) is 5.31. The molecule has 6 nitrogen and oxygen atoms in total. The van der Waals surface area contributed by atoms with Crippen molar-refractivity contribution in [2.45, 2.75) is 0 Å². The van der Waals surface area contributed by atoms with E-state index >= 15 is 0 Å². The van der Waals surface area contributed by atoms with Gasteiger partial charge in [0.1, 0.15) is 5.75 Å². The maximum Gasteiger partial charge on any atom is 0.280 e. The molecule has 0 saturated carbocycles. The van der Waals surface area contributed by atoms with Gasteiger partial charge in [0.2, 0.25) is 0 Å². The fourth-order valence-corrected chi connectivity index (χ4v) is 1.44. The Hall–Kier alpha value is -1.60. The number of Topliss-reactive ketones (excluding diaryl/α,β-unsaturated/α-hetero) is 1. The van der Waals surface area contributed by atoms with E-state index in [9.17, 15) is 19.1 Å². The van der Waals surface area contributed by atoms with Crippen LogP contribution >= 0.6 is 0 Å². The third-order valence-corrected chi connectivity index (χ3v) is 2.16.